The lowest BCUT2D eigenvalue weighted by Gasteiger charge is -2.23. The quantitative estimate of drug-likeness (QED) is 0.669. The molecule has 1 rings (SSSR count). The fourth-order valence-corrected chi connectivity index (χ4v) is 2.44. The lowest BCUT2D eigenvalue weighted by molar-refractivity contribution is 0.396. The standard InChI is InChI=1S/C16H26ClN/c1-4-6-8-16(7-5-2)18-13(3)14-9-11-15(17)12-10-14/h9-13,16,18H,4-8H2,1-3H3. The Bertz CT molecular complexity index is 320. The van der Waals surface area contributed by atoms with E-state index in [1.54, 1.807) is 0 Å². The van der Waals surface area contributed by atoms with Gasteiger partial charge in [-0.15, -0.1) is 0 Å². The van der Waals surface area contributed by atoms with Crippen molar-refractivity contribution >= 4 is 11.6 Å². The van der Waals surface area contributed by atoms with Gasteiger partial charge in [0.25, 0.3) is 0 Å². The third-order valence-corrected chi connectivity index (χ3v) is 3.65. The van der Waals surface area contributed by atoms with Crippen molar-refractivity contribution in [3.8, 4) is 0 Å². The van der Waals surface area contributed by atoms with Crippen LogP contribution in [0.2, 0.25) is 5.02 Å². The summed E-state index contributed by atoms with van der Waals surface area (Å²) in [5, 5.41) is 4.55. The van der Waals surface area contributed by atoms with Crippen LogP contribution in [0.5, 0.6) is 0 Å². The highest BCUT2D eigenvalue weighted by Crippen LogP contribution is 2.18. The monoisotopic (exact) mass is 267 g/mol. The molecule has 1 nitrogen and oxygen atoms in total. The van der Waals surface area contributed by atoms with E-state index < -0.39 is 0 Å². The van der Waals surface area contributed by atoms with Crippen molar-refractivity contribution in [1.82, 2.24) is 5.32 Å². The van der Waals surface area contributed by atoms with Crippen LogP contribution in [0.1, 0.15) is 64.5 Å². The Labute approximate surface area is 117 Å². The Balaban J connectivity index is 2.53. The fraction of sp³-hybridized carbons (Fsp3) is 0.625. The Morgan fingerprint density at radius 2 is 1.72 bits per heavy atom. The first-order chi connectivity index (χ1) is 8.67. The number of unbranched alkanes of at least 4 members (excludes halogenated alkanes) is 1. The van der Waals surface area contributed by atoms with E-state index in [1.165, 1.54) is 37.7 Å². The third-order valence-electron chi connectivity index (χ3n) is 3.40. The minimum absolute atomic E-state index is 0.399. The van der Waals surface area contributed by atoms with Crippen molar-refractivity contribution in [2.75, 3.05) is 0 Å². The van der Waals surface area contributed by atoms with E-state index in [9.17, 15) is 0 Å². The SMILES string of the molecule is CCCCC(CCC)NC(C)c1ccc(Cl)cc1. The molecule has 0 aliphatic rings. The largest absolute Gasteiger partial charge is 0.307 e. The molecule has 0 saturated carbocycles. The molecule has 0 radical (unpaired) electrons. The normalized spacial score (nSPS) is 14.4. The molecule has 0 amide bonds. The van der Waals surface area contributed by atoms with Crippen molar-refractivity contribution in [2.45, 2.75) is 65.0 Å². The lowest BCUT2D eigenvalue weighted by atomic mass is 10.0. The van der Waals surface area contributed by atoms with Gasteiger partial charge < -0.3 is 5.32 Å². The maximum atomic E-state index is 5.92. The molecule has 1 aromatic carbocycles. The molecule has 0 heterocycles. The second-order valence-electron chi connectivity index (χ2n) is 5.07. The summed E-state index contributed by atoms with van der Waals surface area (Å²) in [6, 6.07) is 9.20. The van der Waals surface area contributed by atoms with Crippen LogP contribution in [-0.2, 0) is 0 Å². The molecule has 0 bridgehead atoms. The number of hydrogen-bond donors (Lipinski definition) is 1. The summed E-state index contributed by atoms with van der Waals surface area (Å²) < 4.78 is 0. The van der Waals surface area contributed by atoms with Crippen LogP contribution in [0.25, 0.3) is 0 Å². The Kier molecular flexibility index (Phi) is 7.38. The van der Waals surface area contributed by atoms with Gasteiger partial charge in [0.05, 0.1) is 0 Å². The van der Waals surface area contributed by atoms with Gasteiger partial charge in [0.15, 0.2) is 0 Å². The number of halogens is 1. The summed E-state index contributed by atoms with van der Waals surface area (Å²) in [5.41, 5.74) is 1.32. The predicted octanol–water partition coefficient (Wildman–Crippen LogP) is 5.35. The highest BCUT2D eigenvalue weighted by Gasteiger charge is 2.12. The van der Waals surface area contributed by atoms with Crippen molar-refractivity contribution in [3.63, 3.8) is 0 Å². The van der Waals surface area contributed by atoms with Crippen molar-refractivity contribution in [3.05, 3.63) is 34.9 Å². The maximum absolute atomic E-state index is 5.92. The zero-order valence-corrected chi connectivity index (χ0v) is 12.6. The van der Waals surface area contributed by atoms with Crippen LogP contribution < -0.4 is 5.32 Å². The Morgan fingerprint density at radius 3 is 2.28 bits per heavy atom. The molecule has 0 fully saturated rings. The van der Waals surface area contributed by atoms with Gasteiger partial charge in [-0.05, 0) is 37.5 Å². The van der Waals surface area contributed by atoms with Crippen LogP contribution in [0.15, 0.2) is 24.3 Å². The topological polar surface area (TPSA) is 12.0 Å². The zero-order valence-electron chi connectivity index (χ0n) is 11.9. The van der Waals surface area contributed by atoms with Crippen molar-refractivity contribution in [1.29, 1.82) is 0 Å². The van der Waals surface area contributed by atoms with Crippen molar-refractivity contribution in [2.24, 2.45) is 0 Å². The summed E-state index contributed by atoms with van der Waals surface area (Å²) in [7, 11) is 0. The number of nitrogens with one attached hydrogen (secondary N) is 1. The van der Waals surface area contributed by atoms with Gasteiger partial charge in [0.1, 0.15) is 0 Å². The number of benzene rings is 1. The molecular formula is C16H26ClN. The third kappa shape index (κ3) is 5.41. The first kappa shape index (κ1) is 15.5. The summed E-state index contributed by atoms with van der Waals surface area (Å²) in [5.74, 6) is 0. The summed E-state index contributed by atoms with van der Waals surface area (Å²) >= 11 is 5.92. The number of hydrogen-bond acceptors (Lipinski definition) is 1. The Morgan fingerprint density at radius 1 is 1.06 bits per heavy atom. The van der Waals surface area contributed by atoms with E-state index in [0.717, 1.165) is 5.02 Å². The molecule has 0 saturated heterocycles. The fourth-order valence-electron chi connectivity index (χ4n) is 2.31. The molecule has 0 aliphatic carbocycles. The second kappa shape index (κ2) is 8.55. The van der Waals surface area contributed by atoms with Gasteiger partial charge in [-0.1, -0.05) is 56.8 Å². The highest BCUT2D eigenvalue weighted by molar-refractivity contribution is 6.30. The van der Waals surface area contributed by atoms with Gasteiger partial charge in [-0.25, -0.2) is 0 Å². The Hall–Kier alpha value is -0.530. The van der Waals surface area contributed by atoms with Gasteiger partial charge in [-0.2, -0.15) is 0 Å². The molecule has 0 aliphatic heterocycles. The van der Waals surface area contributed by atoms with Gasteiger partial charge in [-0.3, -0.25) is 0 Å². The minimum atomic E-state index is 0.399. The average Bonchev–Trinajstić information content (AvgIpc) is 2.37. The minimum Gasteiger partial charge on any atom is -0.307 e. The molecular weight excluding hydrogens is 242 g/mol. The van der Waals surface area contributed by atoms with Gasteiger partial charge in [0.2, 0.25) is 0 Å². The van der Waals surface area contributed by atoms with E-state index in [-0.39, 0.29) is 0 Å². The smallest absolute Gasteiger partial charge is 0.0406 e. The lowest BCUT2D eigenvalue weighted by Crippen LogP contribution is -2.31. The van der Waals surface area contributed by atoms with E-state index in [0.29, 0.717) is 12.1 Å². The van der Waals surface area contributed by atoms with E-state index in [4.69, 9.17) is 11.6 Å². The predicted molar refractivity (Wildman–Crippen MR) is 81.2 cm³/mol. The molecule has 2 unspecified atom stereocenters. The second-order valence-corrected chi connectivity index (χ2v) is 5.50. The first-order valence-electron chi connectivity index (χ1n) is 7.18. The van der Waals surface area contributed by atoms with Crippen LogP contribution in [0, 0.1) is 0 Å². The molecule has 0 aromatic heterocycles. The molecule has 18 heavy (non-hydrogen) atoms. The van der Waals surface area contributed by atoms with E-state index in [1.807, 2.05) is 12.1 Å². The average molecular weight is 268 g/mol. The molecule has 0 spiro atoms. The van der Waals surface area contributed by atoms with E-state index in [2.05, 4.69) is 38.2 Å². The number of rotatable bonds is 8. The van der Waals surface area contributed by atoms with Crippen molar-refractivity contribution < 1.29 is 0 Å². The zero-order chi connectivity index (χ0) is 13.4. The molecule has 2 atom stereocenters. The molecule has 1 N–H and O–H groups in total. The van der Waals surface area contributed by atoms with Crippen LogP contribution in [-0.4, -0.2) is 6.04 Å². The van der Waals surface area contributed by atoms with Crippen LogP contribution >= 0.6 is 11.6 Å². The molecule has 2 heteroatoms. The highest BCUT2D eigenvalue weighted by atomic mass is 35.5. The summed E-state index contributed by atoms with van der Waals surface area (Å²) in [4.78, 5) is 0. The summed E-state index contributed by atoms with van der Waals surface area (Å²) in [6.45, 7) is 6.75. The first-order valence-corrected chi connectivity index (χ1v) is 7.56. The molecule has 1 aromatic rings. The molecule has 102 valence electrons. The maximum Gasteiger partial charge on any atom is 0.0406 e. The van der Waals surface area contributed by atoms with Crippen LogP contribution in [0.3, 0.4) is 0 Å². The van der Waals surface area contributed by atoms with E-state index >= 15 is 0 Å². The van der Waals surface area contributed by atoms with Gasteiger partial charge >= 0.3 is 0 Å². The van der Waals surface area contributed by atoms with Gasteiger partial charge in [0, 0.05) is 17.1 Å². The van der Waals surface area contributed by atoms with Crippen LogP contribution in [0.4, 0.5) is 0 Å². The summed E-state index contributed by atoms with van der Waals surface area (Å²) in [6.07, 6.45) is 6.37.